The number of fused-ring (bicyclic) bond motifs is 2. The highest BCUT2D eigenvalue weighted by Gasteiger charge is 2.70. The molecule has 14 heteroatoms. The van der Waals surface area contributed by atoms with Crippen LogP contribution in [0.1, 0.15) is 29.6 Å². The molecular weight excluding hydrogens is 552 g/mol. The number of epoxide rings is 1. The molecule has 2 fully saturated rings. The number of likely N-dealkylation sites (tertiary alicyclic amines) is 1. The lowest BCUT2D eigenvalue weighted by Gasteiger charge is -2.16. The number of para-hydroxylation sites is 3. The minimum Gasteiger partial charge on any atom is -0.408 e. The molecule has 0 radical (unpaired) electrons. The summed E-state index contributed by atoms with van der Waals surface area (Å²) in [6.45, 7) is -0.0653. The van der Waals surface area contributed by atoms with Gasteiger partial charge in [-0.1, -0.05) is 24.3 Å². The fraction of sp³-hybridized carbons (Fsp3) is 0.179. The van der Waals surface area contributed by atoms with Crippen LogP contribution in [-0.2, 0) is 24.8 Å². The van der Waals surface area contributed by atoms with Gasteiger partial charge in [-0.3, -0.25) is 34.7 Å². The molecule has 42 heavy (non-hydrogen) atoms. The molecule has 14 nitrogen and oxygen atoms in total. The number of amides is 2. The molecule has 0 N–H and O–H groups in total. The maximum Gasteiger partial charge on any atom is 0.428 e. The van der Waals surface area contributed by atoms with Gasteiger partial charge in [0.15, 0.2) is 0 Å². The number of rotatable bonds is 8. The van der Waals surface area contributed by atoms with Gasteiger partial charge in [-0.15, -0.1) is 4.57 Å². The van der Waals surface area contributed by atoms with E-state index in [0.717, 1.165) is 23.1 Å². The minimum atomic E-state index is -1.58. The maximum absolute atomic E-state index is 13.7. The average Bonchev–Trinajstić information content (AvgIpc) is 3.51. The Morgan fingerprint density at radius 3 is 1.83 bits per heavy atom. The molecule has 0 aliphatic carbocycles. The number of aromatic nitrogens is 1. The van der Waals surface area contributed by atoms with Crippen LogP contribution in [0, 0.1) is 20.2 Å². The highest BCUT2D eigenvalue weighted by Crippen LogP contribution is 2.40. The summed E-state index contributed by atoms with van der Waals surface area (Å²) in [5, 5.41) is 23.8. The standard InChI is InChI=1S/C28H19N4O10/c33-22-12-13-23(34)29(22)15-14-28(27(36)42-28)30-18-8-3-1-6-16(18)24(17-7-2-4-9-19(17)30)26(35)41-25-20(31(37)38)10-5-11-21(25)32(39)40/h1-11H,12-15H2/q+1. The number of benzene rings is 3. The number of nitro benzene ring substituents is 2. The molecule has 6 rings (SSSR count). The van der Waals surface area contributed by atoms with Crippen LogP contribution in [-0.4, -0.2) is 45.0 Å². The van der Waals surface area contributed by atoms with E-state index in [1.54, 1.807) is 53.1 Å². The van der Waals surface area contributed by atoms with E-state index in [4.69, 9.17) is 9.47 Å². The molecule has 2 aliphatic rings. The second-order valence-electron chi connectivity index (χ2n) is 9.64. The van der Waals surface area contributed by atoms with E-state index < -0.39 is 44.6 Å². The molecule has 3 aromatic carbocycles. The van der Waals surface area contributed by atoms with E-state index in [1.165, 1.54) is 0 Å². The van der Waals surface area contributed by atoms with Gasteiger partial charge >= 0.3 is 29.0 Å². The van der Waals surface area contributed by atoms with E-state index in [2.05, 4.69) is 0 Å². The molecule has 1 aromatic heterocycles. The summed E-state index contributed by atoms with van der Waals surface area (Å²) in [6.07, 6.45) is 0.135. The Morgan fingerprint density at radius 1 is 0.857 bits per heavy atom. The van der Waals surface area contributed by atoms with Gasteiger partial charge in [-0.25, -0.2) is 9.59 Å². The zero-order chi connectivity index (χ0) is 29.8. The summed E-state index contributed by atoms with van der Waals surface area (Å²) in [6, 6.07) is 16.0. The van der Waals surface area contributed by atoms with Gasteiger partial charge in [-0.2, -0.15) is 0 Å². The summed E-state index contributed by atoms with van der Waals surface area (Å²) < 4.78 is 12.5. The van der Waals surface area contributed by atoms with Gasteiger partial charge in [0.05, 0.1) is 32.6 Å². The van der Waals surface area contributed by atoms with Gasteiger partial charge in [-0.05, 0) is 18.2 Å². The predicted octanol–water partition coefficient (Wildman–Crippen LogP) is 3.06. The number of hydrogen-bond acceptors (Lipinski definition) is 10. The Balaban J connectivity index is 1.52. The first-order valence-corrected chi connectivity index (χ1v) is 12.7. The van der Waals surface area contributed by atoms with Crippen molar-refractivity contribution in [2.24, 2.45) is 0 Å². The molecule has 210 valence electrons. The third kappa shape index (κ3) is 4.08. The molecule has 3 heterocycles. The SMILES string of the molecule is O=C(Oc1c([N+](=O)[O-])cccc1[N+](=O)[O-])c1c2ccccc2[n+](C2(CCN3C(=O)CCC3=O)OC2=O)c2ccccc12. The van der Waals surface area contributed by atoms with Crippen molar-refractivity contribution >= 4 is 56.9 Å². The lowest BCUT2D eigenvalue weighted by molar-refractivity contribution is -0.709. The molecule has 2 saturated heterocycles. The van der Waals surface area contributed by atoms with Crippen molar-refractivity contribution in [2.45, 2.75) is 25.0 Å². The quantitative estimate of drug-likeness (QED) is 0.0445. The molecule has 2 amide bonds. The number of hydrogen-bond donors (Lipinski definition) is 0. The summed E-state index contributed by atoms with van der Waals surface area (Å²) in [7, 11) is 0. The Hall–Kier alpha value is -5.79. The van der Waals surface area contributed by atoms with Crippen molar-refractivity contribution in [1.82, 2.24) is 4.90 Å². The molecular formula is C28H19N4O10+. The van der Waals surface area contributed by atoms with Gasteiger partial charge in [0.1, 0.15) is 0 Å². The number of carbonyl (C=O) groups excluding carboxylic acids is 4. The first kappa shape index (κ1) is 26.4. The monoisotopic (exact) mass is 571 g/mol. The summed E-state index contributed by atoms with van der Waals surface area (Å²) in [5.74, 6) is -3.21. The van der Waals surface area contributed by atoms with Crippen LogP contribution in [0.3, 0.4) is 0 Å². The Bertz CT molecular complexity index is 1800. The second kappa shape index (κ2) is 9.69. The molecule has 1 atom stereocenters. The number of ether oxygens (including phenoxy) is 2. The Kier molecular flexibility index (Phi) is 6.10. The van der Waals surface area contributed by atoms with Gasteiger partial charge < -0.3 is 9.47 Å². The van der Waals surface area contributed by atoms with Crippen molar-refractivity contribution in [3.05, 3.63) is 92.5 Å². The van der Waals surface area contributed by atoms with E-state index in [9.17, 15) is 39.4 Å². The van der Waals surface area contributed by atoms with Crippen molar-refractivity contribution in [2.75, 3.05) is 6.54 Å². The van der Waals surface area contributed by atoms with Crippen LogP contribution in [0.2, 0.25) is 0 Å². The van der Waals surface area contributed by atoms with Crippen LogP contribution in [0.4, 0.5) is 11.4 Å². The van der Waals surface area contributed by atoms with E-state index in [-0.39, 0.29) is 54.0 Å². The molecule has 4 aromatic rings. The van der Waals surface area contributed by atoms with Crippen LogP contribution in [0.25, 0.3) is 21.8 Å². The van der Waals surface area contributed by atoms with Crippen molar-refractivity contribution in [3.63, 3.8) is 0 Å². The molecule has 0 bridgehead atoms. The van der Waals surface area contributed by atoms with Crippen molar-refractivity contribution in [1.29, 1.82) is 0 Å². The summed E-state index contributed by atoms with van der Waals surface area (Å²) >= 11 is 0. The highest BCUT2D eigenvalue weighted by molar-refractivity contribution is 6.14. The minimum absolute atomic E-state index is 0.0475. The lowest BCUT2D eigenvalue weighted by Crippen LogP contribution is -2.52. The molecule has 0 spiro atoms. The fourth-order valence-corrected chi connectivity index (χ4v) is 5.36. The Labute approximate surface area is 234 Å². The molecule has 1 unspecified atom stereocenters. The number of cyclic esters (lactones) is 1. The number of nitrogens with zero attached hydrogens (tertiary/aromatic N) is 4. The lowest BCUT2D eigenvalue weighted by atomic mass is 10.00. The predicted molar refractivity (Wildman–Crippen MR) is 141 cm³/mol. The fourth-order valence-electron chi connectivity index (χ4n) is 5.36. The van der Waals surface area contributed by atoms with Gasteiger partial charge in [0.25, 0.3) is 5.75 Å². The third-order valence-corrected chi connectivity index (χ3v) is 7.32. The largest absolute Gasteiger partial charge is 0.428 e. The topological polar surface area (TPSA) is 183 Å². The van der Waals surface area contributed by atoms with E-state index in [0.29, 0.717) is 11.0 Å². The van der Waals surface area contributed by atoms with Crippen LogP contribution in [0.15, 0.2) is 66.7 Å². The van der Waals surface area contributed by atoms with Crippen LogP contribution < -0.4 is 9.30 Å². The number of esters is 1. The second-order valence-corrected chi connectivity index (χ2v) is 9.64. The normalized spacial score (nSPS) is 17.9. The van der Waals surface area contributed by atoms with Gasteiger partial charge in [0, 0.05) is 43.7 Å². The Morgan fingerprint density at radius 2 is 1.36 bits per heavy atom. The summed E-state index contributed by atoms with van der Waals surface area (Å²) in [4.78, 5) is 73.6. The number of pyridine rings is 1. The zero-order valence-electron chi connectivity index (χ0n) is 21.6. The third-order valence-electron chi connectivity index (χ3n) is 7.32. The highest BCUT2D eigenvalue weighted by atomic mass is 16.7. The first-order valence-electron chi connectivity index (χ1n) is 12.7. The van der Waals surface area contributed by atoms with Crippen LogP contribution in [0.5, 0.6) is 5.75 Å². The number of carbonyl (C=O) groups is 4. The smallest absolute Gasteiger partial charge is 0.408 e. The number of imide groups is 1. The van der Waals surface area contributed by atoms with Gasteiger partial charge in [0.2, 0.25) is 22.8 Å². The molecule has 0 saturated carbocycles. The first-order chi connectivity index (χ1) is 20.1. The van der Waals surface area contributed by atoms with Crippen LogP contribution >= 0.6 is 0 Å². The van der Waals surface area contributed by atoms with Crippen molar-refractivity contribution < 1.29 is 43.1 Å². The number of nitro groups is 2. The molecule has 2 aliphatic heterocycles. The maximum atomic E-state index is 13.7. The van der Waals surface area contributed by atoms with E-state index >= 15 is 0 Å². The summed E-state index contributed by atoms with van der Waals surface area (Å²) in [5.41, 5.74) is -2.49. The van der Waals surface area contributed by atoms with E-state index in [1.807, 2.05) is 0 Å². The average molecular weight is 571 g/mol. The zero-order valence-corrected chi connectivity index (χ0v) is 21.6. The van der Waals surface area contributed by atoms with Crippen molar-refractivity contribution in [3.8, 4) is 5.75 Å².